The molecule has 0 heterocycles. The van der Waals surface area contributed by atoms with Crippen LogP contribution in [0.1, 0.15) is 31.4 Å². The maximum Gasteiger partial charge on any atom is 0.122 e. The number of benzene rings is 1. The molecule has 0 bridgehead atoms. The number of rotatable bonds is 5. The van der Waals surface area contributed by atoms with Gasteiger partial charge in [0.05, 0.1) is 14.2 Å². The van der Waals surface area contributed by atoms with Gasteiger partial charge in [-0.15, -0.1) is 0 Å². The molecular formula is C14H21NO2. The first-order valence-corrected chi connectivity index (χ1v) is 6.14. The van der Waals surface area contributed by atoms with E-state index in [1.165, 1.54) is 12.8 Å². The average molecular weight is 235 g/mol. The number of hydrogen-bond donors (Lipinski definition) is 1. The molecule has 2 N–H and O–H groups in total. The van der Waals surface area contributed by atoms with Crippen LogP contribution in [0.15, 0.2) is 18.2 Å². The number of hydrogen-bond acceptors (Lipinski definition) is 3. The number of nitrogens with two attached hydrogens (primary N) is 1. The molecule has 0 aliphatic heterocycles. The van der Waals surface area contributed by atoms with Crippen molar-refractivity contribution in [1.82, 2.24) is 0 Å². The molecule has 2 unspecified atom stereocenters. The van der Waals surface area contributed by atoms with Gasteiger partial charge in [0, 0.05) is 12.1 Å². The molecule has 0 amide bonds. The second-order valence-corrected chi connectivity index (χ2v) is 4.87. The van der Waals surface area contributed by atoms with E-state index in [1.54, 1.807) is 14.2 Å². The fourth-order valence-electron chi connectivity index (χ4n) is 2.24. The van der Waals surface area contributed by atoms with Crippen LogP contribution in [0.25, 0.3) is 0 Å². The van der Waals surface area contributed by atoms with Crippen LogP contribution < -0.4 is 15.2 Å². The standard InChI is InChI=1S/C14H21NO2/c1-9(10-4-5-10)14(15)11-6-12(16-2)8-13(7-11)17-3/h6-10,14H,4-5,15H2,1-3H3. The van der Waals surface area contributed by atoms with Crippen molar-refractivity contribution in [3.8, 4) is 11.5 Å². The highest BCUT2D eigenvalue weighted by molar-refractivity contribution is 5.40. The summed E-state index contributed by atoms with van der Waals surface area (Å²) < 4.78 is 10.5. The summed E-state index contributed by atoms with van der Waals surface area (Å²) in [7, 11) is 3.32. The summed E-state index contributed by atoms with van der Waals surface area (Å²) in [6, 6.07) is 5.95. The van der Waals surface area contributed by atoms with E-state index in [0.717, 1.165) is 23.0 Å². The molecule has 1 aromatic rings. The van der Waals surface area contributed by atoms with Crippen molar-refractivity contribution < 1.29 is 9.47 Å². The zero-order chi connectivity index (χ0) is 12.4. The van der Waals surface area contributed by atoms with Crippen molar-refractivity contribution in [3.63, 3.8) is 0 Å². The summed E-state index contributed by atoms with van der Waals surface area (Å²) in [5.74, 6) is 2.92. The van der Waals surface area contributed by atoms with E-state index < -0.39 is 0 Å². The van der Waals surface area contributed by atoms with Crippen LogP contribution in [0.3, 0.4) is 0 Å². The smallest absolute Gasteiger partial charge is 0.122 e. The zero-order valence-corrected chi connectivity index (χ0v) is 10.8. The molecule has 3 nitrogen and oxygen atoms in total. The van der Waals surface area contributed by atoms with Gasteiger partial charge in [0.15, 0.2) is 0 Å². The van der Waals surface area contributed by atoms with Gasteiger partial charge in [0.25, 0.3) is 0 Å². The maximum absolute atomic E-state index is 6.32. The predicted molar refractivity (Wildman–Crippen MR) is 68.4 cm³/mol. The van der Waals surface area contributed by atoms with Crippen LogP contribution in [0.4, 0.5) is 0 Å². The molecule has 2 rings (SSSR count). The monoisotopic (exact) mass is 235 g/mol. The predicted octanol–water partition coefficient (Wildman–Crippen LogP) is 2.75. The summed E-state index contributed by atoms with van der Waals surface area (Å²) in [6.45, 7) is 2.23. The quantitative estimate of drug-likeness (QED) is 0.853. The van der Waals surface area contributed by atoms with E-state index in [4.69, 9.17) is 15.2 Å². The van der Waals surface area contributed by atoms with Gasteiger partial charge in [0.2, 0.25) is 0 Å². The summed E-state index contributed by atoms with van der Waals surface area (Å²) in [5.41, 5.74) is 7.41. The van der Waals surface area contributed by atoms with Gasteiger partial charge in [0.1, 0.15) is 11.5 Å². The molecule has 1 aromatic carbocycles. The van der Waals surface area contributed by atoms with Crippen LogP contribution >= 0.6 is 0 Å². The van der Waals surface area contributed by atoms with Crippen LogP contribution in [-0.2, 0) is 0 Å². The van der Waals surface area contributed by atoms with E-state index in [1.807, 2.05) is 18.2 Å². The van der Waals surface area contributed by atoms with Gasteiger partial charge in [-0.25, -0.2) is 0 Å². The molecule has 1 aliphatic rings. The van der Waals surface area contributed by atoms with Crippen LogP contribution in [0.5, 0.6) is 11.5 Å². The fourth-order valence-corrected chi connectivity index (χ4v) is 2.24. The number of methoxy groups -OCH3 is 2. The summed E-state index contributed by atoms with van der Waals surface area (Å²) >= 11 is 0. The Bertz CT molecular complexity index is 366. The second kappa shape index (κ2) is 4.96. The van der Waals surface area contributed by atoms with Crippen molar-refractivity contribution in [2.45, 2.75) is 25.8 Å². The third-order valence-electron chi connectivity index (χ3n) is 3.69. The van der Waals surface area contributed by atoms with Crippen LogP contribution in [0.2, 0.25) is 0 Å². The van der Waals surface area contributed by atoms with E-state index in [0.29, 0.717) is 5.92 Å². The van der Waals surface area contributed by atoms with Gasteiger partial charge in [-0.2, -0.15) is 0 Å². The van der Waals surface area contributed by atoms with Gasteiger partial charge < -0.3 is 15.2 Å². The SMILES string of the molecule is COc1cc(OC)cc(C(N)C(C)C2CC2)c1. The lowest BCUT2D eigenvalue weighted by Crippen LogP contribution is -2.20. The van der Waals surface area contributed by atoms with E-state index in [9.17, 15) is 0 Å². The van der Waals surface area contributed by atoms with Crippen LogP contribution in [-0.4, -0.2) is 14.2 Å². The van der Waals surface area contributed by atoms with Gasteiger partial charge in [-0.3, -0.25) is 0 Å². The Kier molecular flexibility index (Phi) is 3.57. The molecule has 0 aromatic heterocycles. The first-order chi connectivity index (χ1) is 8.15. The Hall–Kier alpha value is -1.22. The van der Waals surface area contributed by atoms with Crippen molar-refractivity contribution >= 4 is 0 Å². The minimum Gasteiger partial charge on any atom is -0.497 e. The first kappa shape index (κ1) is 12.2. The van der Waals surface area contributed by atoms with Gasteiger partial charge in [-0.1, -0.05) is 6.92 Å². The van der Waals surface area contributed by atoms with Crippen molar-refractivity contribution in [3.05, 3.63) is 23.8 Å². The highest BCUT2D eigenvalue weighted by atomic mass is 16.5. The lowest BCUT2D eigenvalue weighted by molar-refractivity contribution is 0.384. The van der Waals surface area contributed by atoms with Crippen LogP contribution in [0, 0.1) is 11.8 Å². The molecule has 2 atom stereocenters. The van der Waals surface area contributed by atoms with Crippen molar-refractivity contribution in [2.24, 2.45) is 17.6 Å². The zero-order valence-electron chi connectivity index (χ0n) is 10.8. The average Bonchev–Trinajstić information content (AvgIpc) is 3.20. The molecule has 1 saturated carbocycles. The molecular weight excluding hydrogens is 214 g/mol. The lowest BCUT2D eigenvalue weighted by atomic mass is 9.91. The van der Waals surface area contributed by atoms with E-state index >= 15 is 0 Å². The fraction of sp³-hybridized carbons (Fsp3) is 0.571. The van der Waals surface area contributed by atoms with Crippen molar-refractivity contribution in [1.29, 1.82) is 0 Å². The van der Waals surface area contributed by atoms with Gasteiger partial charge in [-0.05, 0) is 42.4 Å². The molecule has 94 valence electrons. The Morgan fingerprint density at radius 1 is 1.12 bits per heavy atom. The topological polar surface area (TPSA) is 44.5 Å². The van der Waals surface area contributed by atoms with Gasteiger partial charge >= 0.3 is 0 Å². The molecule has 0 spiro atoms. The largest absolute Gasteiger partial charge is 0.497 e. The molecule has 0 saturated heterocycles. The molecule has 3 heteroatoms. The summed E-state index contributed by atoms with van der Waals surface area (Å²) in [4.78, 5) is 0. The first-order valence-electron chi connectivity index (χ1n) is 6.14. The third-order valence-corrected chi connectivity index (χ3v) is 3.69. The molecule has 1 aliphatic carbocycles. The molecule has 1 fully saturated rings. The highest BCUT2D eigenvalue weighted by Crippen LogP contribution is 2.42. The Morgan fingerprint density at radius 3 is 2.06 bits per heavy atom. The summed E-state index contributed by atoms with van der Waals surface area (Å²) in [6.07, 6.45) is 2.63. The lowest BCUT2D eigenvalue weighted by Gasteiger charge is -2.21. The third kappa shape index (κ3) is 2.72. The van der Waals surface area contributed by atoms with E-state index in [-0.39, 0.29) is 6.04 Å². The molecule has 0 radical (unpaired) electrons. The highest BCUT2D eigenvalue weighted by Gasteiger charge is 2.32. The normalized spacial score (nSPS) is 18.6. The number of ether oxygens (including phenoxy) is 2. The van der Waals surface area contributed by atoms with Crippen molar-refractivity contribution in [2.75, 3.05) is 14.2 Å². The Balaban J connectivity index is 2.23. The minimum absolute atomic E-state index is 0.0616. The minimum atomic E-state index is 0.0616. The summed E-state index contributed by atoms with van der Waals surface area (Å²) in [5, 5.41) is 0. The second-order valence-electron chi connectivity index (χ2n) is 4.87. The Labute approximate surface area is 103 Å². The molecule has 17 heavy (non-hydrogen) atoms. The van der Waals surface area contributed by atoms with E-state index in [2.05, 4.69) is 6.92 Å². The Morgan fingerprint density at radius 2 is 1.65 bits per heavy atom. The maximum atomic E-state index is 6.32.